The van der Waals surface area contributed by atoms with E-state index < -0.39 is 0 Å². The van der Waals surface area contributed by atoms with E-state index in [1.54, 1.807) is 12.4 Å². The van der Waals surface area contributed by atoms with Crippen LogP contribution in [0.5, 0.6) is 0 Å². The maximum Gasteiger partial charge on any atom is 0.0570 e. The van der Waals surface area contributed by atoms with Gasteiger partial charge in [0.25, 0.3) is 0 Å². The minimum Gasteiger partial charge on any atom is -0.159 e. The molecule has 2 aromatic carbocycles. The molecule has 2 rings (SSSR count). The van der Waals surface area contributed by atoms with Gasteiger partial charge < -0.3 is 0 Å². The molecule has 0 radical (unpaired) electrons. The molecule has 18 heavy (non-hydrogen) atoms. The van der Waals surface area contributed by atoms with Gasteiger partial charge in [0.15, 0.2) is 0 Å². The fourth-order valence-electron chi connectivity index (χ4n) is 1.65. The van der Waals surface area contributed by atoms with Crippen LogP contribution >= 0.6 is 0 Å². The van der Waals surface area contributed by atoms with Gasteiger partial charge in [0.1, 0.15) is 0 Å². The maximum atomic E-state index is 4.08. The monoisotopic (exact) mass is 236 g/mol. The second kappa shape index (κ2) is 5.92. The van der Waals surface area contributed by atoms with Crippen LogP contribution in [0, 0.1) is 13.8 Å². The first-order valence-electron chi connectivity index (χ1n) is 5.95. The van der Waals surface area contributed by atoms with E-state index in [9.17, 15) is 0 Å². The Labute approximate surface area is 108 Å². The van der Waals surface area contributed by atoms with Crippen LogP contribution in [-0.2, 0) is 0 Å². The molecular formula is C16H16N2. The largest absolute Gasteiger partial charge is 0.159 e. The van der Waals surface area contributed by atoms with Gasteiger partial charge in [-0.3, -0.25) is 0 Å². The molecule has 2 aromatic rings. The molecule has 2 nitrogen and oxygen atoms in total. The summed E-state index contributed by atoms with van der Waals surface area (Å²) < 4.78 is 0. The fraction of sp³-hybridized carbons (Fsp3) is 0.125. The Kier molecular flexibility index (Phi) is 4.02. The average Bonchev–Trinajstić information content (AvgIpc) is 2.38. The van der Waals surface area contributed by atoms with Gasteiger partial charge in [0.2, 0.25) is 0 Å². The van der Waals surface area contributed by atoms with Crippen molar-refractivity contribution in [2.24, 2.45) is 10.2 Å². The Balaban J connectivity index is 2.08. The molecule has 0 aliphatic rings. The highest BCUT2D eigenvalue weighted by atomic mass is 15.2. The van der Waals surface area contributed by atoms with E-state index in [1.165, 1.54) is 11.1 Å². The minimum absolute atomic E-state index is 1.10. The van der Waals surface area contributed by atoms with Crippen LogP contribution in [0.3, 0.4) is 0 Å². The molecule has 0 saturated heterocycles. The highest BCUT2D eigenvalue weighted by molar-refractivity contribution is 5.84. The van der Waals surface area contributed by atoms with E-state index in [-0.39, 0.29) is 0 Å². The summed E-state index contributed by atoms with van der Waals surface area (Å²) in [4.78, 5) is 0. The molecule has 0 atom stereocenters. The standard InChI is InChI=1S/C16H16N2/c1-13-7-3-5-9-15(13)11-17-18-12-16-10-6-4-8-14(16)2/h3-12H,1-2H3. The van der Waals surface area contributed by atoms with Gasteiger partial charge in [0, 0.05) is 0 Å². The lowest BCUT2D eigenvalue weighted by molar-refractivity contribution is 1.26. The Morgan fingerprint density at radius 2 is 1.06 bits per heavy atom. The van der Waals surface area contributed by atoms with Crippen LogP contribution in [0.4, 0.5) is 0 Å². The lowest BCUT2D eigenvalue weighted by atomic mass is 10.1. The van der Waals surface area contributed by atoms with Crippen molar-refractivity contribution >= 4 is 12.4 Å². The topological polar surface area (TPSA) is 24.7 Å². The lowest BCUT2D eigenvalue weighted by Gasteiger charge is -1.97. The number of aryl methyl sites for hydroxylation is 2. The van der Waals surface area contributed by atoms with Gasteiger partial charge in [-0.2, -0.15) is 10.2 Å². The summed E-state index contributed by atoms with van der Waals surface area (Å²) in [5.41, 5.74) is 4.60. The van der Waals surface area contributed by atoms with Crippen molar-refractivity contribution in [3.05, 3.63) is 70.8 Å². The Bertz CT molecular complexity index is 530. The van der Waals surface area contributed by atoms with Crippen molar-refractivity contribution < 1.29 is 0 Å². The van der Waals surface area contributed by atoms with Crippen molar-refractivity contribution in [2.45, 2.75) is 13.8 Å². The van der Waals surface area contributed by atoms with Crippen LogP contribution < -0.4 is 0 Å². The van der Waals surface area contributed by atoms with Crippen molar-refractivity contribution in [1.29, 1.82) is 0 Å². The molecule has 0 heterocycles. The van der Waals surface area contributed by atoms with Gasteiger partial charge in [-0.1, -0.05) is 48.5 Å². The van der Waals surface area contributed by atoms with E-state index in [4.69, 9.17) is 0 Å². The van der Waals surface area contributed by atoms with Gasteiger partial charge in [0.05, 0.1) is 12.4 Å². The number of benzene rings is 2. The third-order valence-corrected chi connectivity index (χ3v) is 2.84. The average molecular weight is 236 g/mol. The molecule has 0 unspecified atom stereocenters. The molecule has 0 saturated carbocycles. The zero-order valence-corrected chi connectivity index (χ0v) is 10.7. The van der Waals surface area contributed by atoms with Gasteiger partial charge >= 0.3 is 0 Å². The second-order valence-electron chi connectivity index (χ2n) is 4.20. The summed E-state index contributed by atoms with van der Waals surface area (Å²) in [5.74, 6) is 0. The third-order valence-electron chi connectivity index (χ3n) is 2.84. The molecule has 0 bridgehead atoms. The van der Waals surface area contributed by atoms with E-state index in [0.717, 1.165) is 11.1 Å². The van der Waals surface area contributed by atoms with Crippen LogP contribution in [-0.4, -0.2) is 12.4 Å². The predicted octanol–water partition coefficient (Wildman–Crippen LogP) is 3.76. The second-order valence-corrected chi connectivity index (χ2v) is 4.20. The molecule has 0 amide bonds. The molecule has 2 heteroatoms. The zero-order valence-electron chi connectivity index (χ0n) is 10.7. The summed E-state index contributed by atoms with van der Waals surface area (Å²) in [7, 11) is 0. The summed E-state index contributed by atoms with van der Waals surface area (Å²) in [6, 6.07) is 16.2. The van der Waals surface area contributed by atoms with Crippen LogP contribution in [0.15, 0.2) is 58.7 Å². The van der Waals surface area contributed by atoms with Crippen molar-refractivity contribution in [1.82, 2.24) is 0 Å². The summed E-state index contributed by atoms with van der Waals surface area (Å²) in [5, 5.41) is 8.17. The zero-order chi connectivity index (χ0) is 12.8. The van der Waals surface area contributed by atoms with E-state index in [0.29, 0.717) is 0 Å². The third kappa shape index (κ3) is 3.14. The summed E-state index contributed by atoms with van der Waals surface area (Å²) >= 11 is 0. The molecule has 0 fully saturated rings. The van der Waals surface area contributed by atoms with E-state index in [1.807, 2.05) is 36.4 Å². The molecule has 0 N–H and O–H groups in total. The first kappa shape index (κ1) is 12.2. The summed E-state index contributed by atoms with van der Waals surface area (Å²) in [6.45, 7) is 4.12. The van der Waals surface area contributed by atoms with Crippen LogP contribution in [0.1, 0.15) is 22.3 Å². The molecular weight excluding hydrogens is 220 g/mol. The molecule has 0 spiro atoms. The maximum absolute atomic E-state index is 4.08. The Morgan fingerprint density at radius 1 is 0.667 bits per heavy atom. The van der Waals surface area contributed by atoms with Crippen molar-refractivity contribution in [2.75, 3.05) is 0 Å². The Morgan fingerprint density at radius 3 is 1.44 bits per heavy atom. The van der Waals surface area contributed by atoms with Crippen LogP contribution in [0.25, 0.3) is 0 Å². The first-order valence-corrected chi connectivity index (χ1v) is 5.95. The van der Waals surface area contributed by atoms with Gasteiger partial charge in [-0.15, -0.1) is 0 Å². The predicted molar refractivity (Wildman–Crippen MR) is 77.5 cm³/mol. The van der Waals surface area contributed by atoms with Gasteiger partial charge in [-0.05, 0) is 36.1 Å². The number of hydrogen-bond donors (Lipinski definition) is 0. The Hall–Kier alpha value is -2.22. The smallest absolute Gasteiger partial charge is 0.0570 e. The fourth-order valence-corrected chi connectivity index (χ4v) is 1.65. The molecule has 0 aliphatic heterocycles. The SMILES string of the molecule is Cc1ccccc1C=NN=Cc1ccccc1C. The first-order chi connectivity index (χ1) is 8.77. The highest BCUT2D eigenvalue weighted by Gasteiger charge is 1.92. The lowest BCUT2D eigenvalue weighted by Crippen LogP contribution is -1.86. The van der Waals surface area contributed by atoms with Crippen LogP contribution in [0.2, 0.25) is 0 Å². The highest BCUT2D eigenvalue weighted by Crippen LogP contribution is 2.05. The number of nitrogens with zero attached hydrogens (tertiary/aromatic N) is 2. The number of hydrogen-bond acceptors (Lipinski definition) is 2. The van der Waals surface area contributed by atoms with Crippen molar-refractivity contribution in [3.63, 3.8) is 0 Å². The van der Waals surface area contributed by atoms with Gasteiger partial charge in [-0.25, -0.2) is 0 Å². The molecule has 90 valence electrons. The quantitative estimate of drug-likeness (QED) is 0.572. The van der Waals surface area contributed by atoms with E-state index >= 15 is 0 Å². The minimum atomic E-state index is 1.10. The normalized spacial score (nSPS) is 11.4. The summed E-state index contributed by atoms with van der Waals surface area (Å²) in [6.07, 6.45) is 3.56. The molecule has 0 aliphatic carbocycles. The molecule has 0 aromatic heterocycles. The van der Waals surface area contributed by atoms with E-state index in [2.05, 4.69) is 36.2 Å². The van der Waals surface area contributed by atoms with Crippen molar-refractivity contribution in [3.8, 4) is 0 Å². The number of rotatable bonds is 3.